The molecule has 40 heavy (non-hydrogen) atoms. The molecular weight excluding hydrogens is 538 g/mol. The van der Waals surface area contributed by atoms with Crippen molar-refractivity contribution in [3.8, 4) is 0 Å². The Morgan fingerprint density at radius 3 is 2.52 bits per heavy atom. The normalized spacial score (nSPS) is 18.9. The highest BCUT2D eigenvalue weighted by Crippen LogP contribution is 2.26. The molecule has 12 nitrogen and oxygen atoms in total. The first kappa shape index (κ1) is 27.8. The molecule has 1 aromatic heterocycles. The number of rotatable bonds is 8. The first-order chi connectivity index (χ1) is 19.0. The van der Waals surface area contributed by atoms with Gasteiger partial charge in [-0.15, -0.1) is 0 Å². The van der Waals surface area contributed by atoms with Crippen LogP contribution in [0.1, 0.15) is 16.7 Å². The molecule has 3 heterocycles. The highest BCUT2D eigenvalue weighted by molar-refractivity contribution is 7.89. The average molecular weight is 570 g/mol. The quantitative estimate of drug-likeness (QED) is 0.273. The lowest BCUT2D eigenvalue weighted by atomic mass is 10.1. The summed E-state index contributed by atoms with van der Waals surface area (Å²) in [7, 11) is -2.38. The SMILES string of the molecule is Cc1ccc2[nH]c(S(=O)(=O)N3CC(=O)N(Cc4ccc(C(=N)N(C)CC5OCCO5)cc4)[C@@H](C(=O)O)C3)cc2c1. The molecule has 212 valence electrons. The second-order valence-electron chi connectivity index (χ2n) is 9.99. The van der Waals surface area contributed by atoms with Gasteiger partial charge in [0.05, 0.1) is 26.3 Å². The van der Waals surface area contributed by atoms with Crippen LogP contribution in [0.5, 0.6) is 0 Å². The minimum absolute atomic E-state index is 0.0114. The third-order valence-corrected chi connectivity index (χ3v) is 8.85. The summed E-state index contributed by atoms with van der Waals surface area (Å²) in [6, 6.07) is 12.5. The number of aromatic nitrogens is 1. The maximum absolute atomic E-state index is 13.4. The molecule has 2 aliphatic rings. The molecule has 2 aliphatic heterocycles. The zero-order valence-corrected chi connectivity index (χ0v) is 23.0. The number of likely N-dealkylation sites (N-methyl/N-ethyl adjacent to an activating group) is 1. The molecule has 5 rings (SSSR count). The van der Waals surface area contributed by atoms with Crippen LogP contribution >= 0.6 is 0 Å². The van der Waals surface area contributed by atoms with Gasteiger partial charge in [-0.25, -0.2) is 13.2 Å². The molecule has 1 atom stereocenters. The molecule has 0 saturated carbocycles. The van der Waals surface area contributed by atoms with E-state index in [0.717, 1.165) is 9.87 Å². The smallest absolute Gasteiger partial charge is 0.327 e. The molecule has 2 saturated heterocycles. The zero-order valence-electron chi connectivity index (χ0n) is 22.2. The molecule has 0 unspecified atom stereocenters. The van der Waals surface area contributed by atoms with Crippen molar-refractivity contribution in [3.63, 3.8) is 0 Å². The predicted molar refractivity (Wildman–Crippen MR) is 145 cm³/mol. The van der Waals surface area contributed by atoms with Gasteiger partial charge in [0.1, 0.15) is 16.9 Å². The molecule has 2 aromatic carbocycles. The Hall–Kier alpha value is -3.78. The highest BCUT2D eigenvalue weighted by Gasteiger charge is 2.42. The van der Waals surface area contributed by atoms with Gasteiger partial charge in [0.2, 0.25) is 5.91 Å². The summed E-state index contributed by atoms with van der Waals surface area (Å²) in [6.45, 7) is 2.49. The van der Waals surface area contributed by atoms with Crippen LogP contribution < -0.4 is 0 Å². The summed E-state index contributed by atoms with van der Waals surface area (Å²) in [6.07, 6.45) is -0.383. The number of carbonyl (C=O) groups excluding carboxylic acids is 1. The van der Waals surface area contributed by atoms with Crippen LogP contribution in [0.15, 0.2) is 53.6 Å². The number of ether oxygens (including phenoxy) is 2. The number of amides is 1. The van der Waals surface area contributed by atoms with E-state index in [9.17, 15) is 23.1 Å². The zero-order chi connectivity index (χ0) is 28.6. The second kappa shape index (κ2) is 11.0. The van der Waals surface area contributed by atoms with Crippen LogP contribution in [0.25, 0.3) is 10.9 Å². The van der Waals surface area contributed by atoms with Crippen LogP contribution in [0, 0.1) is 12.3 Å². The van der Waals surface area contributed by atoms with E-state index in [0.29, 0.717) is 41.8 Å². The number of carboxylic acid groups (broad SMARTS) is 1. The van der Waals surface area contributed by atoms with Gasteiger partial charge in [-0.2, -0.15) is 4.31 Å². The molecule has 2 fully saturated rings. The predicted octanol–water partition coefficient (Wildman–Crippen LogP) is 1.59. The van der Waals surface area contributed by atoms with Gasteiger partial charge in [0.25, 0.3) is 10.0 Å². The number of amidine groups is 1. The number of nitrogens with one attached hydrogen (secondary N) is 2. The van der Waals surface area contributed by atoms with Crippen molar-refractivity contribution in [1.29, 1.82) is 5.41 Å². The maximum atomic E-state index is 13.4. The van der Waals surface area contributed by atoms with E-state index in [1.807, 2.05) is 19.1 Å². The van der Waals surface area contributed by atoms with Crippen molar-refractivity contribution in [2.45, 2.75) is 30.8 Å². The van der Waals surface area contributed by atoms with Gasteiger partial charge in [-0.1, -0.05) is 35.9 Å². The third-order valence-electron chi connectivity index (χ3n) is 7.11. The largest absolute Gasteiger partial charge is 0.480 e. The van der Waals surface area contributed by atoms with Crippen molar-refractivity contribution < 1.29 is 32.6 Å². The van der Waals surface area contributed by atoms with Gasteiger partial charge < -0.3 is 29.4 Å². The van der Waals surface area contributed by atoms with E-state index in [1.165, 1.54) is 11.0 Å². The van der Waals surface area contributed by atoms with Gasteiger partial charge in [0.15, 0.2) is 6.29 Å². The van der Waals surface area contributed by atoms with E-state index in [2.05, 4.69) is 4.98 Å². The molecule has 0 bridgehead atoms. The van der Waals surface area contributed by atoms with Crippen LogP contribution in [0.3, 0.4) is 0 Å². The number of hydrogen-bond acceptors (Lipinski definition) is 7. The maximum Gasteiger partial charge on any atom is 0.327 e. The molecule has 13 heteroatoms. The lowest BCUT2D eigenvalue weighted by molar-refractivity contribution is -0.154. The fraction of sp³-hybridized carbons (Fsp3) is 0.370. The Morgan fingerprint density at radius 1 is 1.15 bits per heavy atom. The van der Waals surface area contributed by atoms with E-state index < -0.39 is 34.5 Å². The van der Waals surface area contributed by atoms with E-state index in [-0.39, 0.29) is 30.2 Å². The molecular formula is C27H31N5O7S. The van der Waals surface area contributed by atoms with E-state index in [1.54, 1.807) is 42.3 Å². The number of carbonyl (C=O) groups is 2. The number of fused-ring (bicyclic) bond motifs is 1. The Balaban J connectivity index is 1.28. The number of aliphatic carboxylic acids is 1. The van der Waals surface area contributed by atoms with Crippen molar-refractivity contribution in [1.82, 2.24) is 19.1 Å². The number of carboxylic acids is 1. The van der Waals surface area contributed by atoms with Crippen molar-refractivity contribution in [2.75, 3.05) is 39.9 Å². The first-order valence-corrected chi connectivity index (χ1v) is 14.2. The fourth-order valence-electron chi connectivity index (χ4n) is 4.88. The number of sulfonamides is 1. The molecule has 0 radical (unpaired) electrons. The van der Waals surface area contributed by atoms with Gasteiger partial charge in [-0.3, -0.25) is 10.2 Å². The summed E-state index contributed by atoms with van der Waals surface area (Å²) in [5.41, 5.74) is 2.89. The lowest BCUT2D eigenvalue weighted by Crippen LogP contribution is -2.60. The van der Waals surface area contributed by atoms with Crippen molar-refractivity contribution in [2.24, 2.45) is 0 Å². The number of aromatic amines is 1. The Labute approximate surface area is 231 Å². The number of benzene rings is 2. The number of hydrogen-bond donors (Lipinski definition) is 3. The average Bonchev–Trinajstić information content (AvgIpc) is 3.59. The molecule has 1 amide bonds. The Bertz CT molecular complexity index is 1550. The lowest BCUT2D eigenvalue weighted by Gasteiger charge is -2.38. The first-order valence-electron chi connectivity index (χ1n) is 12.8. The summed E-state index contributed by atoms with van der Waals surface area (Å²) in [5.74, 6) is -1.64. The van der Waals surface area contributed by atoms with Gasteiger partial charge >= 0.3 is 5.97 Å². The summed E-state index contributed by atoms with van der Waals surface area (Å²) in [5, 5.41) is 19.0. The number of nitrogens with zero attached hydrogens (tertiary/aromatic N) is 3. The number of piperazine rings is 1. The number of aryl methyl sites for hydroxylation is 1. The van der Waals surface area contributed by atoms with Crippen molar-refractivity contribution >= 4 is 38.6 Å². The van der Waals surface area contributed by atoms with Gasteiger partial charge in [-0.05, 0) is 30.7 Å². The third kappa shape index (κ3) is 5.59. The molecule has 3 aromatic rings. The molecule has 0 aliphatic carbocycles. The van der Waals surface area contributed by atoms with Crippen LogP contribution in [0.4, 0.5) is 0 Å². The fourth-order valence-corrected chi connectivity index (χ4v) is 6.29. The van der Waals surface area contributed by atoms with Crippen LogP contribution in [-0.4, -0.2) is 103 Å². The van der Waals surface area contributed by atoms with Crippen LogP contribution in [-0.2, 0) is 35.6 Å². The number of H-pyrrole nitrogens is 1. The minimum atomic E-state index is -4.14. The Kier molecular flexibility index (Phi) is 7.64. The van der Waals surface area contributed by atoms with Crippen molar-refractivity contribution in [3.05, 3.63) is 65.2 Å². The monoisotopic (exact) mass is 569 g/mol. The van der Waals surface area contributed by atoms with E-state index >= 15 is 0 Å². The van der Waals surface area contributed by atoms with Gasteiger partial charge in [0, 0.05) is 36.6 Å². The van der Waals surface area contributed by atoms with E-state index in [4.69, 9.17) is 14.9 Å². The summed E-state index contributed by atoms with van der Waals surface area (Å²) in [4.78, 5) is 31.1. The molecule has 0 spiro atoms. The second-order valence-corrected chi connectivity index (χ2v) is 11.9. The summed E-state index contributed by atoms with van der Waals surface area (Å²) >= 11 is 0. The topological polar surface area (TPSA) is 156 Å². The minimum Gasteiger partial charge on any atom is -0.480 e. The van der Waals surface area contributed by atoms with Crippen LogP contribution in [0.2, 0.25) is 0 Å². The molecule has 3 N–H and O–H groups in total. The Morgan fingerprint density at radius 2 is 1.85 bits per heavy atom. The standard InChI is InChI=1S/C27H31N5O7S/c1-17-3-8-21-20(11-17)12-23(29-21)40(36,37)31-14-22(27(34)35)32(24(33)15-31)13-18-4-6-19(7-5-18)26(28)30(2)16-25-38-9-10-39-25/h3-8,11-12,22,25,28-29H,9-10,13-16H2,1-2H3,(H,34,35)/t22-/m1/s1. The summed E-state index contributed by atoms with van der Waals surface area (Å²) < 4.78 is 38.5. The highest BCUT2D eigenvalue weighted by atomic mass is 32.2.